The van der Waals surface area contributed by atoms with Crippen LogP contribution >= 0.6 is 0 Å². The van der Waals surface area contributed by atoms with Crippen LogP contribution in [-0.4, -0.2) is 61.0 Å². The molecular formula is C13H26N2O2. The minimum absolute atomic E-state index is 0.197. The molecule has 2 fully saturated rings. The molecule has 4 heteroatoms. The summed E-state index contributed by atoms with van der Waals surface area (Å²) < 4.78 is 5.43. The van der Waals surface area contributed by atoms with Gasteiger partial charge in [0.15, 0.2) is 0 Å². The van der Waals surface area contributed by atoms with E-state index < -0.39 is 0 Å². The van der Waals surface area contributed by atoms with Crippen LogP contribution in [0.1, 0.15) is 32.6 Å². The van der Waals surface area contributed by atoms with E-state index in [1.807, 2.05) is 0 Å². The van der Waals surface area contributed by atoms with E-state index in [1.165, 1.54) is 32.2 Å². The van der Waals surface area contributed by atoms with Gasteiger partial charge in [0.1, 0.15) is 0 Å². The number of nitrogens with one attached hydrogen (secondary N) is 1. The van der Waals surface area contributed by atoms with Gasteiger partial charge in [0.05, 0.1) is 25.9 Å². The lowest BCUT2D eigenvalue weighted by Gasteiger charge is -2.40. The van der Waals surface area contributed by atoms with Crippen LogP contribution in [0.2, 0.25) is 0 Å². The van der Waals surface area contributed by atoms with Gasteiger partial charge in [-0.2, -0.15) is 0 Å². The molecule has 17 heavy (non-hydrogen) atoms. The molecule has 0 radical (unpaired) electrons. The number of hydrogen-bond acceptors (Lipinski definition) is 4. The summed E-state index contributed by atoms with van der Waals surface area (Å²) in [6.07, 6.45) is 5.17. The van der Waals surface area contributed by atoms with E-state index in [9.17, 15) is 5.11 Å². The van der Waals surface area contributed by atoms with Crippen LogP contribution in [0.15, 0.2) is 0 Å². The monoisotopic (exact) mass is 242 g/mol. The molecule has 0 aliphatic carbocycles. The van der Waals surface area contributed by atoms with E-state index in [0.717, 1.165) is 13.2 Å². The van der Waals surface area contributed by atoms with Crippen LogP contribution in [0.3, 0.4) is 0 Å². The summed E-state index contributed by atoms with van der Waals surface area (Å²) in [5.74, 6) is 0. The Morgan fingerprint density at radius 3 is 3.06 bits per heavy atom. The zero-order valence-electron chi connectivity index (χ0n) is 10.9. The largest absolute Gasteiger partial charge is 0.395 e. The molecule has 0 amide bonds. The maximum Gasteiger partial charge on any atom is 0.0644 e. The molecule has 0 bridgehead atoms. The van der Waals surface area contributed by atoms with E-state index >= 15 is 0 Å². The molecule has 2 aliphatic rings. The fourth-order valence-corrected chi connectivity index (χ4v) is 3.08. The van der Waals surface area contributed by atoms with Crippen LogP contribution < -0.4 is 5.32 Å². The molecule has 0 saturated carbocycles. The highest BCUT2D eigenvalue weighted by Gasteiger charge is 2.28. The smallest absolute Gasteiger partial charge is 0.0644 e. The molecule has 3 unspecified atom stereocenters. The fraction of sp³-hybridized carbons (Fsp3) is 1.00. The second kappa shape index (κ2) is 6.69. The van der Waals surface area contributed by atoms with Crippen molar-refractivity contribution in [3.8, 4) is 0 Å². The highest BCUT2D eigenvalue weighted by atomic mass is 16.5. The van der Waals surface area contributed by atoms with Crippen molar-refractivity contribution < 1.29 is 9.84 Å². The van der Waals surface area contributed by atoms with Crippen molar-refractivity contribution in [2.24, 2.45) is 0 Å². The Bertz CT molecular complexity index is 219. The van der Waals surface area contributed by atoms with Crippen molar-refractivity contribution in [1.82, 2.24) is 10.2 Å². The average molecular weight is 242 g/mol. The maximum atomic E-state index is 9.38. The third-order valence-electron chi connectivity index (χ3n) is 4.09. The first-order chi connectivity index (χ1) is 8.31. The number of piperidine rings is 1. The van der Waals surface area contributed by atoms with Gasteiger partial charge in [-0.3, -0.25) is 4.90 Å². The molecule has 2 saturated heterocycles. The molecule has 2 N–H and O–H groups in total. The summed E-state index contributed by atoms with van der Waals surface area (Å²) in [7, 11) is 0. The van der Waals surface area contributed by atoms with Crippen molar-refractivity contribution in [3.05, 3.63) is 0 Å². The number of ether oxygens (including phenoxy) is 1. The number of morpholine rings is 1. The van der Waals surface area contributed by atoms with E-state index in [4.69, 9.17) is 4.74 Å². The van der Waals surface area contributed by atoms with Gasteiger partial charge in [-0.15, -0.1) is 0 Å². The minimum Gasteiger partial charge on any atom is -0.395 e. The standard InChI is InChI=1S/C13H26N2O2/c1-11(8-12-4-2-3-5-14-12)15-6-7-17-10-13(15)9-16/h11-14,16H,2-10H2,1H3. The van der Waals surface area contributed by atoms with Crippen LogP contribution in [0.5, 0.6) is 0 Å². The fourth-order valence-electron chi connectivity index (χ4n) is 3.08. The number of hydrogen-bond donors (Lipinski definition) is 2. The van der Waals surface area contributed by atoms with Gasteiger partial charge < -0.3 is 15.2 Å². The molecule has 3 atom stereocenters. The molecule has 0 aromatic rings. The van der Waals surface area contributed by atoms with E-state index in [2.05, 4.69) is 17.1 Å². The highest BCUT2D eigenvalue weighted by molar-refractivity contribution is 4.83. The number of aliphatic hydroxyl groups excluding tert-OH is 1. The van der Waals surface area contributed by atoms with Gasteiger partial charge >= 0.3 is 0 Å². The summed E-state index contributed by atoms with van der Waals surface area (Å²) in [5, 5.41) is 13.0. The van der Waals surface area contributed by atoms with Gasteiger partial charge in [-0.05, 0) is 32.7 Å². The van der Waals surface area contributed by atoms with E-state index in [0.29, 0.717) is 18.7 Å². The zero-order valence-corrected chi connectivity index (χ0v) is 10.9. The predicted octanol–water partition coefficient (Wildman–Crippen LogP) is 0.600. The second-order valence-corrected chi connectivity index (χ2v) is 5.38. The molecule has 100 valence electrons. The molecule has 2 heterocycles. The lowest BCUT2D eigenvalue weighted by molar-refractivity contribution is -0.0470. The van der Waals surface area contributed by atoms with Crippen LogP contribution in [0, 0.1) is 0 Å². The van der Waals surface area contributed by atoms with Crippen molar-refractivity contribution >= 4 is 0 Å². The zero-order chi connectivity index (χ0) is 12.1. The van der Waals surface area contributed by atoms with Gasteiger partial charge in [-0.25, -0.2) is 0 Å². The summed E-state index contributed by atoms with van der Waals surface area (Å²) in [6.45, 7) is 6.10. The first kappa shape index (κ1) is 13.3. The Morgan fingerprint density at radius 1 is 1.47 bits per heavy atom. The topological polar surface area (TPSA) is 44.7 Å². The Labute approximate surface area is 104 Å². The summed E-state index contributed by atoms with van der Waals surface area (Å²) in [6, 6.07) is 1.40. The van der Waals surface area contributed by atoms with Gasteiger partial charge in [0, 0.05) is 18.6 Å². The van der Waals surface area contributed by atoms with Crippen molar-refractivity contribution in [1.29, 1.82) is 0 Å². The maximum absolute atomic E-state index is 9.38. The van der Waals surface area contributed by atoms with Crippen LogP contribution in [-0.2, 0) is 4.74 Å². The summed E-state index contributed by atoms with van der Waals surface area (Å²) >= 11 is 0. The predicted molar refractivity (Wildman–Crippen MR) is 68.1 cm³/mol. The van der Waals surface area contributed by atoms with Gasteiger partial charge in [0.25, 0.3) is 0 Å². The minimum atomic E-state index is 0.197. The summed E-state index contributed by atoms with van der Waals surface area (Å²) in [4.78, 5) is 2.42. The number of rotatable bonds is 4. The van der Waals surface area contributed by atoms with Crippen molar-refractivity contribution in [2.45, 2.75) is 50.7 Å². The molecular weight excluding hydrogens is 216 g/mol. The molecule has 2 rings (SSSR count). The van der Waals surface area contributed by atoms with Gasteiger partial charge in [0.2, 0.25) is 0 Å². The number of nitrogens with zero attached hydrogens (tertiary/aromatic N) is 1. The first-order valence-electron chi connectivity index (χ1n) is 6.99. The quantitative estimate of drug-likeness (QED) is 0.758. The van der Waals surface area contributed by atoms with Crippen LogP contribution in [0.25, 0.3) is 0 Å². The van der Waals surface area contributed by atoms with Gasteiger partial charge in [-0.1, -0.05) is 6.42 Å². The van der Waals surface area contributed by atoms with Crippen molar-refractivity contribution in [2.75, 3.05) is 32.9 Å². The average Bonchev–Trinajstić information content (AvgIpc) is 2.40. The third kappa shape index (κ3) is 3.65. The summed E-state index contributed by atoms with van der Waals surface area (Å²) in [5.41, 5.74) is 0. The molecule has 4 nitrogen and oxygen atoms in total. The second-order valence-electron chi connectivity index (χ2n) is 5.38. The first-order valence-corrected chi connectivity index (χ1v) is 6.99. The van der Waals surface area contributed by atoms with E-state index in [1.54, 1.807) is 0 Å². The Kier molecular flexibility index (Phi) is 5.22. The Morgan fingerprint density at radius 2 is 2.35 bits per heavy atom. The van der Waals surface area contributed by atoms with Crippen LogP contribution in [0.4, 0.5) is 0 Å². The Balaban J connectivity index is 1.82. The highest BCUT2D eigenvalue weighted by Crippen LogP contribution is 2.18. The number of aliphatic hydroxyl groups is 1. The SMILES string of the molecule is CC(CC1CCCCN1)N1CCOCC1CO. The normalized spacial score (nSPS) is 33.5. The van der Waals surface area contributed by atoms with Crippen molar-refractivity contribution in [3.63, 3.8) is 0 Å². The lowest BCUT2D eigenvalue weighted by Crippen LogP contribution is -2.53. The molecule has 2 aliphatic heterocycles. The molecule has 0 aromatic carbocycles. The Hall–Kier alpha value is -0.160. The molecule has 0 spiro atoms. The third-order valence-corrected chi connectivity index (χ3v) is 4.09. The molecule has 0 aromatic heterocycles. The lowest BCUT2D eigenvalue weighted by atomic mass is 9.97. The van der Waals surface area contributed by atoms with E-state index in [-0.39, 0.29) is 12.6 Å².